The fraction of sp³-hybridized carbons (Fsp3) is 0.214. The molecule has 0 aliphatic carbocycles. The maximum Gasteiger partial charge on any atom is 0.261 e. The second-order valence-corrected chi connectivity index (χ2v) is 4.48. The molecule has 5 nitrogen and oxygen atoms in total. The number of hydrogen-bond acceptors (Lipinski definition) is 4. The maximum absolute atomic E-state index is 13.2. The minimum Gasteiger partial charge on any atom is -0.359 e. The Morgan fingerprint density at radius 1 is 1.35 bits per heavy atom. The molecule has 0 fully saturated rings. The van der Waals surface area contributed by atoms with E-state index in [4.69, 9.17) is 4.52 Å². The molecule has 1 aromatic carbocycles. The summed E-state index contributed by atoms with van der Waals surface area (Å²) in [6, 6.07) is 5.75. The highest BCUT2D eigenvalue weighted by atomic mass is 19.1. The van der Waals surface area contributed by atoms with Crippen molar-refractivity contribution in [1.29, 1.82) is 0 Å². The second-order valence-electron chi connectivity index (χ2n) is 4.48. The molecule has 0 bridgehead atoms. The quantitative estimate of drug-likeness (QED) is 0.733. The lowest BCUT2D eigenvalue weighted by atomic mass is 10.2. The first kappa shape index (κ1) is 12.5. The van der Waals surface area contributed by atoms with Gasteiger partial charge in [0.15, 0.2) is 5.76 Å². The lowest BCUT2D eigenvalue weighted by Crippen LogP contribution is -2.21. The average molecular weight is 273 g/mol. The zero-order valence-electron chi connectivity index (χ0n) is 10.8. The highest BCUT2D eigenvalue weighted by Gasteiger charge is 2.08. The molecule has 6 heteroatoms. The van der Waals surface area contributed by atoms with Gasteiger partial charge in [-0.25, -0.2) is 9.37 Å². The summed E-state index contributed by atoms with van der Waals surface area (Å²) >= 11 is 0. The Hall–Kier alpha value is -2.50. The molecule has 0 saturated heterocycles. The molecule has 0 aliphatic heterocycles. The third-order valence-electron chi connectivity index (χ3n) is 3.08. The van der Waals surface area contributed by atoms with Gasteiger partial charge in [0, 0.05) is 6.07 Å². The van der Waals surface area contributed by atoms with E-state index in [-0.39, 0.29) is 17.5 Å². The van der Waals surface area contributed by atoms with Crippen molar-refractivity contribution in [2.24, 2.45) is 0 Å². The molecule has 3 rings (SSSR count). The molecular weight excluding hydrogens is 261 g/mol. The van der Waals surface area contributed by atoms with Gasteiger partial charge in [0.1, 0.15) is 5.82 Å². The molecule has 2 aromatic heterocycles. The summed E-state index contributed by atoms with van der Waals surface area (Å²) in [6.45, 7) is 2.19. The topological polar surface area (TPSA) is 60.9 Å². The molecule has 2 heterocycles. The van der Waals surface area contributed by atoms with Crippen LogP contribution < -0.4 is 5.56 Å². The van der Waals surface area contributed by atoms with Crippen molar-refractivity contribution in [3.63, 3.8) is 0 Å². The van der Waals surface area contributed by atoms with E-state index in [0.29, 0.717) is 11.3 Å². The molecule has 0 unspecified atom stereocenters. The van der Waals surface area contributed by atoms with E-state index in [1.54, 1.807) is 6.07 Å². The van der Waals surface area contributed by atoms with Gasteiger partial charge in [-0.2, -0.15) is 0 Å². The van der Waals surface area contributed by atoms with Crippen molar-refractivity contribution >= 4 is 10.9 Å². The van der Waals surface area contributed by atoms with E-state index in [1.165, 1.54) is 29.1 Å². The minimum absolute atomic E-state index is 0.227. The van der Waals surface area contributed by atoms with Gasteiger partial charge in [-0.15, -0.1) is 0 Å². The third kappa shape index (κ3) is 2.20. The average Bonchev–Trinajstić information content (AvgIpc) is 2.90. The monoisotopic (exact) mass is 273 g/mol. The Labute approximate surface area is 113 Å². The molecule has 0 N–H and O–H groups in total. The van der Waals surface area contributed by atoms with E-state index >= 15 is 0 Å². The van der Waals surface area contributed by atoms with E-state index < -0.39 is 5.82 Å². The number of aryl methyl sites for hydroxylation is 1. The zero-order chi connectivity index (χ0) is 14.1. The van der Waals surface area contributed by atoms with Crippen LogP contribution in [0, 0.1) is 5.82 Å². The van der Waals surface area contributed by atoms with Gasteiger partial charge in [-0.05, 0) is 24.6 Å². The van der Waals surface area contributed by atoms with E-state index in [1.807, 2.05) is 6.92 Å². The Kier molecular flexibility index (Phi) is 3.06. The summed E-state index contributed by atoms with van der Waals surface area (Å²) < 4.78 is 19.7. The predicted molar refractivity (Wildman–Crippen MR) is 70.9 cm³/mol. The lowest BCUT2D eigenvalue weighted by Gasteiger charge is -2.04. The molecule has 3 aromatic rings. The summed E-state index contributed by atoms with van der Waals surface area (Å²) in [5.74, 6) is 0.114. The number of fused-ring (bicyclic) bond motifs is 1. The van der Waals surface area contributed by atoms with Crippen molar-refractivity contribution < 1.29 is 8.91 Å². The lowest BCUT2D eigenvalue weighted by molar-refractivity contribution is 0.369. The van der Waals surface area contributed by atoms with Crippen molar-refractivity contribution in [3.05, 3.63) is 58.2 Å². The van der Waals surface area contributed by atoms with Gasteiger partial charge in [0.25, 0.3) is 5.56 Å². The van der Waals surface area contributed by atoms with Crippen molar-refractivity contribution in [2.45, 2.75) is 19.9 Å². The maximum atomic E-state index is 13.2. The molecule has 102 valence electrons. The predicted octanol–water partition coefficient (Wildman–Crippen LogP) is 2.13. The van der Waals surface area contributed by atoms with Crippen molar-refractivity contribution in [3.8, 4) is 0 Å². The van der Waals surface area contributed by atoms with E-state index in [9.17, 15) is 9.18 Å². The van der Waals surface area contributed by atoms with Gasteiger partial charge < -0.3 is 4.52 Å². The van der Waals surface area contributed by atoms with Crippen LogP contribution in [-0.4, -0.2) is 14.7 Å². The molecule has 0 saturated carbocycles. The molecule has 0 spiro atoms. The van der Waals surface area contributed by atoms with E-state index in [2.05, 4.69) is 10.1 Å². The summed E-state index contributed by atoms with van der Waals surface area (Å²) in [4.78, 5) is 16.4. The van der Waals surface area contributed by atoms with Crippen molar-refractivity contribution in [2.75, 3.05) is 0 Å². The first-order chi connectivity index (χ1) is 9.67. The van der Waals surface area contributed by atoms with Crippen LogP contribution in [0.2, 0.25) is 0 Å². The van der Waals surface area contributed by atoms with Gasteiger partial charge in [0.2, 0.25) is 0 Å². The van der Waals surface area contributed by atoms with Gasteiger partial charge in [0.05, 0.1) is 29.5 Å². The summed E-state index contributed by atoms with van der Waals surface area (Å²) in [7, 11) is 0. The van der Waals surface area contributed by atoms with Crippen LogP contribution >= 0.6 is 0 Å². The summed E-state index contributed by atoms with van der Waals surface area (Å²) in [5, 5.41) is 4.12. The third-order valence-corrected chi connectivity index (χ3v) is 3.08. The fourth-order valence-electron chi connectivity index (χ4n) is 2.01. The number of benzene rings is 1. The van der Waals surface area contributed by atoms with Crippen LogP contribution in [0.4, 0.5) is 4.39 Å². The summed E-state index contributed by atoms with van der Waals surface area (Å²) in [6.07, 6.45) is 2.19. The Morgan fingerprint density at radius 3 is 2.95 bits per heavy atom. The number of rotatable bonds is 3. The van der Waals surface area contributed by atoms with E-state index in [0.717, 1.165) is 12.1 Å². The normalized spacial score (nSPS) is 11.1. The van der Waals surface area contributed by atoms with Gasteiger partial charge >= 0.3 is 0 Å². The number of halogens is 1. The minimum atomic E-state index is -0.456. The smallest absolute Gasteiger partial charge is 0.261 e. The Morgan fingerprint density at radius 2 is 2.20 bits per heavy atom. The van der Waals surface area contributed by atoms with Crippen LogP contribution in [0.5, 0.6) is 0 Å². The van der Waals surface area contributed by atoms with Crippen LogP contribution in [0.3, 0.4) is 0 Å². The number of hydrogen-bond donors (Lipinski definition) is 0. The SMILES string of the molecule is CCc1cc(Cn2cnc3ccc(F)cc3c2=O)on1. The van der Waals surface area contributed by atoms with Crippen LogP contribution in [-0.2, 0) is 13.0 Å². The molecule has 20 heavy (non-hydrogen) atoms. The van der Waals surface area contributed by atoms with Crippen LogP contribution in [0.15, 0.2) is 39.9 Å². The largest absolute Gasteiger partial charge is 0.359 e. The molecule has 0 aliphatic rings. The number of nitrogens with zero attached hydrogens (tertiary/aromatic N) is 3. The summed E-state index contributed by atoms with van der Waals surface area (Å²) in [5.41, 5.74) is 0.997. The van der Waals surface area contributed by atoms with Gasteiger partial charge in [-0.3, -0.25) is 9.36 Å². The highest BCUT2D eigenvalue weighted by molar-refractivity contribution is 5.77. The molecule has 0 amide bonds. The van der Waals surface area contributed by atoms with Crippen molar-refractivity contribution in [1.82, 2.24) is 14.7 Å². The Balaban J connectivity index is 2.03. The van der Waals surface area contributed by atoms with Gasteiger partial charge in [-0.1, -0.05) is 12.1 Å². The first-order valence-corrected chi connectivity index (χ1v) is 6.26. The standard InChI is InChI=1S/C14H12FN3O2/c1-2-10-6-11(20-17-10)7-18-8-16-13-4-3-9(15)5-12(13)14(18)19/h3-6,8H,2,7H2,1H3. The fourth-order valence-corrected chi connectivity index (χ4v) is 2.01. The highest BCUT2D eigenvalue weighted by Crippen LogP contribution is 2.10. The Bertz CT molecular complexity index is 823. The molecule has 0 atom stereocenters. The van der Waals surface area contributed by atoms with Crippen LogP contribution in [0.25, 0.3) is 10.9 Å². The number of aromatic nitrogens is 3. The zero-order valence-corrected chi connectivity index (χ0v) is 10.8. The second kappa shape index (κ2) is 4.88. The molecule has 0 radical (unpaired) electrons. The molecular formula is C14H12FN3O2. The van der Waals surface area contributed by atoms with Crippen LogP contribution in [0.1, 0.15) is 18.4 Å². The first-order valence-electron chi connectivity index (χ1n) is 6.26.